The topological polar surface area (TPSA) is 29.1 Å². The van der Waals surface area contributed by atoms with Crippen molar-refractivity contribution >= 4 is 34.8 Å². The Morgan fingerprint density at radius 3 is 2.41 bits per heavy atom. The number of nitrogens with one attached hydrogen (secondary N) is 1. The van der Waals surface area contributed by atoms with Gasteiger partial charge in [0.15, 0.2) is 0 Å². The zero-order valence-corrected chi connectivity index (χ0v) is 13.9. The van der Waals surface area contributed by atoms with E-state index in [1.54, 1.807) is 0 Å². The smallest absolute Gasteiger partial charge is 0.260 e. The summed E-state index contributed by atoms with van der Waals surface area (Å²) in [6.07, 6.45) is 1.39. The summed E-state index contributed by atoms with van der Waals surface area (Å²) in [6.45, 7) is 3.93. The van der Waals surface area contributed by atoms with Gasteiger partial charge in [-0.2, -0.15) is 0 Å². The molecule has 5 heteroatoms. The molecule has 2 rings (SSSR count). The van der Waals surface area contributed by atoms with Crippen LogP contribution in [0.4, 0.5) is 10.1 Å². The molecule has 0 unspecified atom stereocenters. The number of benzene rings is 2. The number of hydrogen-bond acceptors (Lipinski definition) is 1. The number of hydrogen-bond donors (Lipinski definition) is 1. The summed E-state index contributed by atoms with van der Waals surface area (Å²) >= 11 is 12.1. The molecule has 2 aromatic rings. The Labute approximate surface area is 139 Å². The largest absolute Gasteiger partial charge is 0.321 e. The number of halogens is 3. The minimum Gasteiger partial charge on any atom is -0.321 e. The summed E-state index contributed by atoms with van der Waals surface area (Å²) in [5, 5.41) is 3.43. The molecule has 0 fully saturated rings. The molecule has 0 atom stereocenters. The minimum absolute atomic E-state index is 0.0793. The van der Waals surface area contributed by atoms with Gasteiger partial charge in [0.1, 0.15) is 5.82 Å². The number of amides is 1. The number of carbonyl (C=O) groups is 1. The lowest BCUT2D eigenvalue weighted by molar-refractivity contribution is 0.102. The van der Waals surface area contributed by atoms with E-state index in [4.69, 9.17) is 23.2 Å². The van der Waals surface area contributed by atoms with Crippen molar-refractivity contribution in [2.24, 2.45) is 0 Å². The van der Waals surface area contributed by atoms with Crippen molar-refractivity contribution < 1.29 is 9.18 Å². The Hall–Kier alpha value is -1.58. The first kappa shape index (κ1) is 16.8. The summed E-state index contributed by atoms with van der Waals surface area (Å²) < 4.78 is 13.9. The second kappa shape index (κ2) is 7.12. The molecule has 0 heterocycles. The third-order valence-corrected chi connectivity index (χ3v) is 4.17. The molecular formula is C17H16Cl2FNO. The van der Waals surface area contributed by atoms with Gasteiger partial charge in [-0.3, -0.25) is 4.79 Å². The highest BCUT2D eigenvalue weighted by atomic mass is 35.5. The highest BCUT2D eigenvalue weighted by Crippen LogP contribution is 2.30. The summed E-state index contributed by atoms with van der Waals surface area (Å²) in [4.78, 5) is 12.4. The molecule has 0 aliphatic rings. The molecule has 0 saturated carbocycles. The Balaban J connectivity index is 2.46. The van der Waals surface area contributed by atoms with Gasteiger partial charge in [-0.15, -0.1) is 0 Å². The molecule has 0 aromatic heterocycles. The van der Waals surface area contributed by atoms with Gasteiger partial charge in [0.2, 0.25) is 0 Å². The molecule has 2 aromatic carbocycles. The van der Waals surface area contributed by atoms with Crippen LogP contribution >= 0.6 is 23.2 Å². The van der Waals surface area contributed by atoms with Crippen LogP contribution in [0.1, 0.15) is 35.3 Å². The molecule has 1 N–H and O–H groups in total. The van der Waals surface area contributed by atoms with Crippen molar-refractivity contribution in [3.63, 3.8) is 0 Å². The van der Waals surface area contributed by atoms with E-state index >= 15 is 0 Å². The van der Waals surface area contributed by atoms with Crippen LogP contribution in [0.3, 0.4) is 0 Å². The van der Waals surface area contributed by atoms with Crippen molar-refractivity contribution in [1.29, 1.82) is 0 Å². The number of aryl methyl sites for hydroxylation is 1. The van der Waals surface area contributed by atoms with Crippen LogP contribution in [0.2, 0.25) is 10.0 Å². The van der Waals surface area contributed by atoms with Gasteiger partial charge in [0.05, 0.1) is 10.6 Å². The van der Waals surface area contributed by atoms with Crippen molar-refractivity contribution in [2.75, 3.05) is 5.32 Å². The molecule has 2 nitrogen and oxygen atoms in total. The van der Waals surface area contributed by atoms with Gasteiger partial charge >= 0.3 is 0 Å². The quantitative estimate of drug-likeness (QED) is 0.781. The van der Waals surface area contributed by atoms with Crippen LogP contribution in [0.15, 0.2) is 30.3 Å². The molecule has 22 heavy (non-hydrogen) atoms. The fraction of sp³-hybridized carbons (Fsp3) is 0.235. The van der Waals surface area contributed by atoms with Gasteiger partial charge in [-0.1, -0.05) is 49.2 Å². The monoisotopic (exact) mass is 339 g/mol. The van der Waals surface area contributed by atoms with E-state index in [9.17, 15) is 9.18 Å². The number of rotatable bonds is 4. The predicted molar refractivity (Wildman–Crippen MR) is 89.6 cm³/mol. The summed E-state index contributed by atoms with van der Waals surface area (Å²) in [7, 11) is 0. The van der Waals surface area contributed by atoms with E-state index in [0.717, 1.165) is 17.5 Å². The van der Waals surface area contributed by atoms with E-state index in [-0.39, 0.29) is 10.6 Å². The Kier molecular flexibility index (Phi) is 5.43. The molecule has 0 bridgehead atoms. The Morgan fingerprint density at radius 2 is 1.82 bits per heavy atom. The molecular weight excluding hydrogens is 324 g/mol. The van der Waals surface area contributed by atoms with E-state index in [1.165, 1.54) is 18.2 Å². The van der Waals surface area contributed by atoms with Gasteiger partial charge in [-0.05, 0) is 42.2 Å². The van der Waals surface area contributed by atoms with E-state index < -0.39 is 11.7 Å². The minimum atomic E-state index is -0.650. The second-order valence-electron chi connectivity index (χ2n) is 4.82. The normalized spacial score (nSPS) is 10.6. The number of anilines is 1. The number of carbonyl (C=O) groups excluding carboxylic acids is 1. The Bertz CT molecular complexity index is 696. The third-order valence-electron chi connectivity index (χ3n) is 3.50. The van der Waals surface area contributed by atoms with Crippen LogP contribution < -0.4 is 5.32 Å². The standard InChI is InChI=1S/C17H16Cl2FNO/c1-3-10-8-9-12(18)11(4-2)16(10)21-17(22)15-13(19)6-5-7-14(15)20/h5-9H,3-4H2,1-2H3,(H,21,22). The SMILES string of the molecule is CCc1ccc(Cl)c(CC)c1NC(=O)c1c(F)cccc1Cl. The first-order valence-electron chi connectivity index (χ1n) is 7.05. The first-order valence-corrected chi connectivity index (χ1v) is 7.80. The molecule has 116 valence electrons. The van der Waals surface area contributed by atoms with Gasteiger partial charge < -0.3 is 5.32 Å². The lowest BCUT2D eigenvalue weighted by Gasteiger charge is -2.16. The van der Waals surface area contributed by atoms with Crippen molar-refractivity contribution in [3.05, 3.63) is 62.9 Å². The average molecular weight is 340 g/mol. The predicted octanol–water partition coefficient (Wildman–Crippen LogP) is 5.51. The van der Waals surface area contributed by atoms with Crippen LogP contribution in [-0.4, -0.2) is 5.91 Å². The van der Waals surface area contributed by atoms with E-state index in [1.807, 2.05) is 26.0 Å². The second-order valence-corrected chi connectivity index (χ2v) is 5.63. The van der Waals surface area contributed by atoms with Gasteiger partial charge in [0, 0.05) is 10.7 Å². The molecule has 0 aliphatic carbocycles. The fourth-order valence-corrected chi connectivity index (χ4v) is 2.90. The van der Waals surface area contributed by atoms with Crippen LogP contribution in [0.25, 0.3) is 0 Å². The zero-order chi connectivity index (χ0) is 16.3. The van der Waals surface area contributed by atoms with E-state index in [0.29, 0.717) is 17.1 Å². The lowest BCUT2D eigenvalue weighted by atomic mass is 10.0. The maximum Gasteiger partial charge on any atom is 0.260 e. The summed E-state index contributed by atoms with van der Waals surface area (Å²) in [5.74, 6) is -1.22. The van der Waals surface area contributed by atoms with E-state index in [2.05, 4.69) is 5.32 Å². The summed E-state index contributed by atoms with van der Waals surface area (Å²) in [5.41, 5.74) is 2.26. The van der Waals surface area contributed by atoms with Crippen LogP contribution in [-0.2, 0) is 12.8 Å². The first-order chi connectivity index (χ1) is 10.5. The fourth-order valence-electron chi connectivity index (χ4n) is 2.36. The molecule has 0 aliphatic heterocycles. The van der Waals surface area contributed by atoms with Gasteiger partial charge in [-0.25, -0.2) is 4.39 Å². The Morgan fingerprint density at radius 1 is 1.09 bits per heavy atom. The molecule has 1 amide bonds. The highest BCUT2D eigenvalue weighted by molar-refractivity contribution is 6.34. The van der Waals surface area contributed by atoms with Crippen LogP contribution in [0.5, 0.6) is 0 Å². The summed E-state index contributed by atoms with van der Waals surface area (Å²) in [6, 6.07) is 7.83. The van der Waals surface area contributed by atoms with Crippen molar-refractivity contribution in [3.8, 4) is 0 Å². The van der Waals surface area contributed by atoms with Crippen molar-refractivity contribution in [1.82, 2.24) is 0 Å². The van der Waals surface area contributed by atoms with Gasteiger partial charge in [0.25, 0.3) is 5.91 Å². The molecule has 0 radical (unpaired) electrons. The average Bonchev–Trinajstić information content (AvgIpc) is 2.47. The van der Waals surface area contributed by atoms with Crippen LogP contribution in [0, 0.1) is 5.82 Å². The lowest BCUT2D eigenvalue weighted by Crippen LogP contribution is -2.17. The maximum absolute atomic E-state index is 13.9. The maximum atomic E-state index is 13.9. The highest BCUT2D eigenvalue weighted by Gasteiger charge is 2.19. The zero-order valence-electron chi connectivity index (χ0n) is 12.3. The molecule has 0 saturated heterocycles. The van der Waals surface area contributed by atoms with Crippen molar-refractivity contribution in [2.45, 2.75) is 26.7 Å². The molecule has 0 spiro atoms. The third kappa shape index (κ3) is 3.26.